The standard InChI is InChI=1S/C18H14Cl2N4O4/c1-28-17-6-5-11(7-16(17)24(26)27)18(25)22-12-8-21-23(9-12)10-13-14(19)3-2-4-15(13)20/h2-9H,10H2,1H3,(H,22,25). The number of halogens is 2. The quantitative estimate of drug-likeness (QED) is 0.470. The van der Waals surface area contributed by atoms with E-state index in [1.165, 1.54) is 25.4 Å². The van der Waals surface area contributed by atoms with Gasteiger partial charge in [0.15, 0.2) is 5.75 Å². The summed E-state index contributed by atoms with van der Waals surface area (Å²) in [6.45, 7) is 0.322. The first-order valence-electron chi connectivity index (χ1n) is 7.98. The molecule has 0 atom stereocenters. The molecule has 0 aliphatic carbocycles. The first-order chi connectivity index (χ1) is 13.4. The number of nitrogens with one attached hydrogen (secondary N) is 1. The van der Waals surface area contributed by atoms with Crippen molar-refractivity contribution in [2.24, 2.45) is 0 Å². The number of hydrogen-bond donors (Lipinski definition) is 1. The van der Waals surface area contributed by atoms with Crippen molar-refractivity contribution in [1.29, 1.82) is 0 Å². The van der Waals surface area contributed by atoms with Crippen molar-refractivity contribution in [3.8, 4) is 5.75 Å². The van der Waals surface area contributed by atoms with E-state index in [4.69, 9.17) is 27.9 Å². The van der Waals surface area contributed by atoms with Gasteiger partial charge in [0.1, 0.15) is 0 Å². The molecule has 1 N–H and O–H groups in total. The molecular weight excluding hydrogens is 407 g/mol. The summed E-state index contributed by atoms with van der Waals surface area (Å²) in [4.78, 5) is 22.9. The molecule has 0 aliphatic heterocycles. The minimum atomic E-state index is -0.610. The molecule has 0 saturated carbocycles. The second-order valence-electron chi connectivity index (χ2n) is 5.72. The van der Waals surface area contributed by atoms with Gasteiger partial charge in [0.2, 0.25) is 0 Å². The fourth-order valence-corrected chi connectivity index (χ4v) is 3.05. The van der Waals surface area contributed by atoms with E-state index < -0.39 is 10.8 Å². The zero-order valence-electron chi connectivity index (χ0n) is 14.6. The molecule has 10 heteroatoms. The summed E-state index contributed by atoms with van der Waals surface area (Å²) >= 11 is 12.3. The van der Waals surface area contributed by atoms with Gasteiger partial charge in [0.25, 0.3) is 5.91 Å². The summed E-state index contributed by atoms with van der Waals surface area (Å²) in [7, 11) is 1.32. The minimum absolute atomic E-state index is 0.0750. The maximum Gasteiger partial charge on any atom is 0.311 e. The Morgan fingerprint density at radius 1 is 1.29 bits per heavy atom. The molecule has 28 heavy (non-hydrogen) atoms. The number of ether oxygens (including phenoxy) is 1. The maximum atomic E-state index is 12.4. The molecule has 0 radical (unpaired) electrons. The number of hydrogen-bond acceptors (Lipinski definition) is 5. The largest absolute Gasteiger partial charge is 0.490 e. The van der Waals surface area contributed by atoms with Crippen LogP contribution in [0.3, 0.4) is 0 Å². The monoisotopic (exact) mass is 420 g/mol. The van der Waals surface area contributed by atoms with E-state index in [0.29, 0.717) is 27.8 Å². The Morgan fingerprint density at radius 2 is 2.00 bits per heavy atom. The van der Waals surface area contributed by atoms with Crippen LogP contribution in [0.2, 0.25) is 10.0 Å². The van der Waals surface area contributed by atoms with Crippen LogP contribution < -0.4 is 10.1 Å². The SMILES string of the molecule is COc1ccc(C(=O)Nc2cnn(Cc3c(Cl)cccc3Cl)c2)cc1[N+](=O)[O-]. The second-order valence-corrected chi connectivity index (χ2v) is 6.54. The van der Waals surface area contributed by atoms with Crippen molar-refractivity contribution in [3.63, 3.8) is 0 Å². The molecule has 144 valence electrons. The number of nitrogens with zero attached hydrogens (tertiary/aromatic N) is 3. The molecule has 1 amide bonds. The van der Waals surface area contributed by atoms with Gasteiger partial charge in [-0.15, -0.1) is 0 Å². The van der Waals surface area contributed by atoms with E-state index in [0.717, 1.165) is 6.07 Å². The molecule has 0 fully saturated rings. The molecule has 2 aromatic carbocycles. The van der Waals surface area contributed by atoms with Crippen LogP contribution in [0.4, 0.5) is 11.4 Å². The van der Waals surface area contributed by atoms with Crippen molar-refractivity contribution in [2.75, 3.05) is 12.4 Å². The molecule has 0 aliphatic rings. The van der Waals surface area contributed by atoms with Crippen LogP contribution in [-0.2, 0) is 6.54 Å². The van der Waals surface area contributed by atoms with Crippen LogP contribution in [0.5, 0.6) is 5.75 Å². The Hall–Kier alpha value is -3.10. The number of benzene rings is 2. The van der Waals surface area contributed by atoms with Crippen LogP contribution >= 0.6 is 23.2 Å². The highest BCUT2D eigenvalue weighted by Gasteiger charge is 2.18. The lowest BCUT2D eigenvalue weighted by molar-refractivity contribution is -0.385. The lowest BCUT2D eigenvalue weighted by Crippen LogP contribution is -2.12. The number of carbonyl (C=O) groups excluding carboxylic acids is 1. The number of methoxy groups -OCH3 is 1. The van der Waals surface area contributed by atoms with Gasteiger partial charge in [-0.25, -0.2) is 0 Å². The van der Waals surface area contributed by atoms with E-state index in [1.54, 1.807) is 29.1 Å². The lowest BCUT2D eigenvalue weighted by Gasteiger charge is -2.07. The topological polar surface area (TPSA) is 99.3 Å². The third-order valence-electron chi connectivity index (χ3n) is 3.91. The predicted molar refractivity (Wildman–Crippen MR) is 105 cm³/mol. The summed E-state index contributed by atoms with van der Waals surface area (Å²) < 4.78 is 6.50. The number of aromatic nitrogens is 2. The molecular formula is C18H14Cl2N4O4. The Labute approximate surface area is 169 Å². The van der Waals surface area contributed by atoms with Crippen LogP contribution in [-0.4, -0.2) is 27.7 Å². The van der Waals surface area contributed by atoms with E-state index in [9.17, 15) is 14.9 Å². The van der Waals surface area contributed by atoms with Crippen molar-refractivity contribution < 1.29 is 14.5 Å². The summed E-state index contributed by atoms with van der Waals surface area (Å²) in [5.74, 6) is -0.438. The Kier molecular flexibility index (Phi) is 5.81. The molecule has 1 aromatic heterocycles. The van der Waals surface area contributed by atoms with Gasteiger partial charge in [-0.05, 0) is 24.3 Å². The van der Waals surface area contributed by atoms with E-state index in [2.05, 4.69) is 10.4 Å². The molecule has 0 bridgehead atoms. The number of nitro benzene ring substituents is 1. The number of amides is 1. The van der Waals surface area contributed by atoms with Crippen LogP contribution in [0.1, 0.15) is 15.9 Å². The first-order valence-corrected chi connectivity index (χ1v) is 8.73. The molecule has 8 nitrogen and oxygen atoms in total. The molecule has 1 heterocycles. The van der Waals surface area contributed by atoms with E-state index in [1.807, 2.05) is 0 Å². The maximum absolute atomic E-state index is 12.4. The fourth-order valence-electron chi connectivity index (χ4n) is 2.54. The Bertz CT molecular complexity index is 1030. The molecule has 3 aromatic rings. The van der Waals surface area contributed by atoms with Crippen LogP contribution in [0.25, 0.3) is 0 Å². The first kappa shape index (κ1) is 19.7. The van der Waals surface area contributed by atoms with Crippen molar-refractivity contribution in [3.05, 3.63) is 80.1 Å². The highest BCUT2D eigenvalue weighted by molar-refractivity contribution is 6.35. The smallest absolute Gasteiger partial charge is 0.311 e. The molecule has 0 spiro atoms. The van der Waals surface area contributed by atoms with Gasteiger partial charge in [0.05, 0.1) is 30.5 Å². The van der Waals surface area contributed by atoms with Gasteiger partial charge in [-0.1, -0.05) is 29.3 Å². The third kappa shape index (κ3) is 4.24. The van der Waals surface area contributed by atoms with Crippen molar-refractivity contribution in [1.82, 2.24) is 9.78 Å². The van der Waals surface area contributed by atoms with Crippen molar-refractivity contribution >= 4 is 40.5 Å². The molecule has 0 saturated heterocycles. The van der Waals surface area contributed by atoms with Gasteiger partial charge < -0.3 is 10.1 Å². The predicted octanol–water partition coefficient (Wildman–Crippen LogP) is 4.41. The van der Waals surface area contributed by atoms with E-state index >= 15 is 0 Å². The highest BCUT2D eigenvalue weighted by Crippen LogP contribution is 2.28. The van der Waals surface area contributed by atoms with E-state index in [-0.39, 0.29) is 17.0 Å². The molecule has 0 unspecified atom stereocenters. The third-order valence-corrected chi connectivity index (χ3v) is 4.62. The molecule has 3 rings (SSSR count). The van der Waals surface area contributed by atoms with Gasteiger partial charge in [-0.2, -0.15) is 5.10 Å². The minimum Gasteiger partial charge on any atom is -0.490 e. The lowest BCUT2D eigenvalue weighted by atomic mass is 10.1. The van der Waals surface area contributed by atoms with Gasteiger partial charge >= 0.3 is 5.69 Å². The number of anilines is 1. The zero-order valence-corrected chi connectivity index (χ0v) is 16.1. The highest BCUT2D eigenvalue weighted by atomic mass is 35.5. The average molecular weight is 421 g/mol. The summed E-state index contributed by atoms with van der Waals surface area (Å²) in [5, 5.41) is 18.9. The number of carbonyl (C=O) groups is 1. The van der Waals surface area contributed by atoms with Crippen molar-refractivity contribution in [2.45, 2.75) is 6.54 Å². The Balaban J connectivity index is 1.76. The second kappa shape index (κ2) is 8.28. The Morgan fingerprint density at radius 3 is 2.64 bits per heavy atom. The number of nitro groups is 1. The zero-order chi connectivity index (χ0) is 20.3. The van der Waals surface area contributed by atoms with Crippen LogP contribution in [0.15, 0.2) is 48.8 Å². The summed E-state index contributed by atoms with van der Waals surface area (Å²) in [6.07, 6.45) is 3.07. The summed E-state index contributed by atoms with van der Waals surface area (Å²) in [5.41, 5.74) is 0.956. The summed E-state index contributed by atoms with van der Waals surface area (Å²) in [6, 6.07) is 9.17. The van der Waals surface area contributed by atoms with Gasteiger partial charge in [-0.3, -0.25) is 19.6 Å². The van der Waals surface area contributed by atoms with Crippen LogP contribution in [0, 0.1) is 10.1 Å². The normalized spacial score (nSPS) is 10.5. The fraction of sp³-hybridized carbons (Fsp3) is 0.111. The van der Waals surface area contributed by atoms with Gasteiger partial charge in [0, 0.05) is 33.4 Å². The average Bonchev–Trinajstić information content (AvgIpc) is 3.11. The number of rotatable bonds is 6.